The van der Waals surface area contributed by atoms with E-state index in [-0.39, 0.29) is 0 Å². The standard InChI is InChI=1S/C18H18ClN3O/c1-2-17-21-15-11-13(18(20)23)5-8-16(15)22(17)14-6-3-12(4-7-14)9-10-19/h3-8,11H,2,9-10H2,1H3,(H2,20,23). The first-order valence-electron chi connectivity index (χ1n) is 7.60. The van der Waals surface area contributed by atoms with Gasteiger partial charge in [-0.1, -0.05) is 19.1 Å². The number of nitrogens with zero attached hydrogens (tertiary/aromatic N) is 2. The molecule has 0 atom stereocenters. The molecule has 0 bridgehead atoms. The summed E-state index contributed by atoms with van der Waals surface area (Å²) in [5, 5.41) is 0. The van der Waals surface area contributed by atoms with Crippen LogP contribution in [-0.4, -0.2) is 21.3 Å². The summed E-state index contributed by atoms with van der Waals surface area (Å²) in [6.45, 7) is 2.06. The zero-order valence-electron chi connectivity index (χ0n) is 12.9. The van der Waals surface area contributed by atoms with Crippen LogP contribution in [0, 0.1) is 0 Å². The summed E-state index contributed by atoms with van der Waals surface area (Å²) in [5.74, 6) is 1.13. The van der Waals surface area contributed by atoms with Crippen LogP contribution in [0.25, 0.3) is 16.7 Å². The molecule has 1 aromatic heterocycles. The Morgan fingerprint density at radius 1 is 1.22 bits per heavy atom. The fourth-order valence-corrected chi connectivity index (χ4v) is 2.95. The first-order chi connectivity index (χ1) is 11.1. The van der Waals surface area contributed by atoms with Crippen molar-refractivity contribution in [3.8, 4) is 5.69 Å². The highest BCUT2D eigenvalue weighted by molar-refractivity contribution is 6.18. The number of benzene rings is 2. The predicted octanol–water partition coefficient (Wildman–Crippen LogP) is 3.47. The van der Waals surface area contributed by atoms with Gasteiger partial charge in [0.15, 0.2) is 0 Å². The summed E-state index contributed by atoms with van der Waals surface area (Å²) in [6.07, 6.45) is 1.65. The van der Waals surface area contributed by atoms with Crippen molar-refractivity contribution in [3.05, 3.63) is 59.4 Å². The second kappa shape index (κ2) is 6.42. The first-order valence-corrected chi connectivity index (χ1v) is 8.14. The number of aryl methyl sites for hydroxylation is 2. The van der Waals surface area contributed by atoms with Crippen LogP contribution in [-0.2, 0) is 12.8 Å². The summed E-state index contributed by atoms with van der Waals surface area (Å²) in [4.78, 5) is 16.0. The molecule has 118 valence electrons. The van der Waals surface area contributed by atoms with Crippen molar-refractivity contribution in [2.75, 3.05) is 5.88 Å². The summed E-state index contributed by atoms with van der Waals surface area (Å²) < 4.78 is 2.12. The maximum Gasteiger partial charge on any atom is 0.248 e. The number of aromatic nitrogens is 2. The molecule has 2 N–H and O–H groups in total. The van der Waals surface area contributed by atoms with Crippen molar-refractivity contribution < 1.29 is 4.79 Å². The van der Waals surface area contributed by atoms with Gasteiger partial charge >= 0.3 is 0 Å². The number of hydrogen-bond donors (Lipinski definition) is 1. The van der Waals surface area contributed by atoms with E-state index in [4.69, 9.17) is 17.3 Å². The lowest BCUT2D eigenvalue weighted by molar-refractivity contribution is 0.100. The van der Waals surface area contributed by atoms with Crippen molar-refractivity contribution in [2.45, 2.75) is 19.8 Å². The number of amides is 1. The molecule has 3 aromatic rings. The van der Waals surface area contributed by atoms with Crippen molar-refractivity contribution in [2.24, 2.45) is 5.73 Å². The monoisotopic (exact) mass is 327 g/mol. The second-order valence-corrected chi connectivity index (χ2v) is 5.77. The molecule has 0 unspecified atom stereocenters. The fourth-order valence-electron chi connectivity index (χ4n) is 2.73. The number of hydrogen-bond acceptors (Lipinski definition) is 2. The van der Waals surface area contributed by atoms with Crippen molar-refractivity contribution in [1.29, 1.82) is 0 Å². The van der Waals surface area contributed by atoms with Gasteiger partial charge in [0.1, 0.15) is 5.82 Å². The zero-order chi connectivity index (χ0) is 16.4. The Labute approximate surface area is 139 Å². The molecule has 1 heterocycles. The number of halogens is 1. The molecule has 0 aliphatic heterocycles. The number of imidazole rings is 1. The molecule has 3 rings (SSSR count). The van der Waals surface area contributed by atoms with E-state index < -0.39 is 5.91 Å². The molecule has 0 spiro atoms. The Morgan fingerprint density at radius 2 is 1.96 bits per heavy atom. The minimum absolute atomic E-state index is 0.440. The lowest BCUT2D eigenvalue weighted by Gasteiger charge is -2.09. The highest BCUT2D eigenvalue weighted by atomic mass is 35.5. The molecule has 0 aliphatic carbocycles. The van der Waals surface area contributed by atoms with E-state index in [0.29, 0.717) is 11.4 Å². The second-order valence-electron chi connectivity index (χ2n) is 5.39. The number of fused-ring (bicyclic) bond motifs is 1. The van der Waals surface area contributed by atoms with E-state index in [0.717, 1.165) is 35.4 Å². The number of alkyl halides is 1. The lowest BCUT2D eigenvalue weighted by Crippen LogP contribution is -2.10. The van der Waals surface area contributed by atoms with Gasteiger partial charge in [0.05, 0.1) is 11.0 Å². The third-order valence-corrected chi connectivity index (χ3v) is 4.09. The summed E-state index contributed by atoms with van der Waals surface area (Å²) in [5.41, 5.74) is 9.84. The Morgan fingerprint density at radius 3 is 2.57 bits per heavy atom. The maximum absolute atomic E-state index is 11.4. The molecule has 4 nitrogen and oxygen atoms in total. The van der Waals surface area contributed by atoms with Gasteiger partial charge in [-0.15, -0.1) is 11.6 Å². The zero-order valence-corrected chi connectivity index (χ0v) is 13.7. The Bertz CT molecular complexity index is 853. The largest absolute Gasteiger partial charge is 0.366 e. The number of carbonyl (C=O) groups excluding carboxylic acids is 1. The minimum atomic E-state index is -0.440. The number of primary amides is 1. The van der Waals surface area contributed by atoms with Crippen LogP contribution in [0.3, 0.4) is 0 Å². The molecular weight excluding hydrogens is 310 g/mol. The molecule has 0 fully saturated rings. The minimum Gasteiger partial charge on any atom is -0.366 e. The Balaban J connectivity index is 2.13. The van der Waals surface area contributed by atoms with E-state index >= 15 is 0 Å². The van der Waals surface area contributed by atoms with Crippen LogP contribution in [0.4, 0.5) is 0 Å². The number of carbonyl (C=O) groups is 1. The molecule has 1 amide bonds. The van der Waals surface area contributed by atoms with Crippen LogP contribution >= 0.6 is 11.6 Å². The predicted molar refractivity (Wildman–Crippen MR) is 93.4 cm³/mol. The Kier molecular flexibility index (Phi) is 4.35. The number of nitrogens with two attached hydrogens (primary N) is 1. The van der Waals surface area contributed by atoms with Crippen LogP contribution in [0.1, 0.15) is 28.7 Å². The smallest absolute Gasteiger partial charge is 0.248 e. The van der Waals surface area contributed by atoms with Crippen molar-refractivity contribution >= 4 is 28.5 Å². The van der Waals surface area contributed by atoms with Crippen molar-refractivity contribution in [3.63, 3.8) is 0 Å². The Hall–Kier alpha value is -2.33. The normalized spacial score (nSPS) is 11.0. The molecule has 0 radical (unpaired) electrons. The fraction of sp³-hybridized carbons (Fsp3) is 0.222. The molecule has 2 aromatic carbocycles. The van der Waals surface area contributed by atoms with Gasteiger partial charge in [0.2, 0.25) is 5.91 Å². The SMILES string of the molecule is CCc1nc2cc(C(N)=O)ccc2n1-c1ccc(CCCl)cc1. The molecule has 0 aliphatic rings. The van der Waals surface area contributed by atoms with E-state index in [2.05, 4.69) is 40.7 Å². The van der Waals surface area contributed by atoms with E-state index in [1.807, 2.05) is 6.07 Å². The molecule has 5 heteroatoms. The maximum atomic E-state index is 11.4. The molecule has 23 heavy (non-hydrogen) atoms. The summed E-state index contributed by atoms with van der Waals surface area (Å²) in [7, 11) is 0. The average Bonchev–Trinajstić information content (AvgIpc) is 2.93. The van der Waals surface area contributed by atoms with Gasteiger partial charge in [-0.05, 0) is 42.3 Å². The average molecular weight is 328 g/mol. The highest BCUT2D eigenvalue weighted by Crippen LogP contribution is 2.23. The molecule has 0 saturated heterocycles. The third kappa shape index (κ3) is 2.94. The van der Waals surface area contributed by atoms with Gasteiger partial charge in [-0.2, -0.15) is 0 Å². The third-order valence-electron chi connectivity index (χ3n) is 3.90. The van der Waals surface area contributed by atoms with Crippen LogP contribution < -0.4 is 5.73 Å². The van der Waals surface area contributed by atoms with Gasteiger partial charge in [0, 0.05) is 23.6 Å². The van der Waals surface area contributed by atoms with Crippen LogP contribution in [0.15, 0.2) is 42.5 Å². The molecule has 0 saturated carbocycles. The quantitative estimate of drug-likeness (QED) is 0.729. The van der Waals surface area contributed by atoms with Gasteiger partial charge in [-0.25, -0.2) is 4.98 Å². The van der Waals surface area contributed by atoms with Gasteiger partial charge in [-0.3, -0.25) is 9.36 Å². The van der Waals surface area contributed by atoms with Gasteiger partial charge < -0.3 is 5.73 Å². The lowest BCUT2D eigenvalue weighted by atomic mass is 10.1. The van der Waals surface area contributed by atoms with Crippen LogP contribution in [0.2, 0.25) is 0 Å². The first kappa shape index (κ1) is 15.6. The topological polar surface area (TPSA) is 60.9 Å². The highest BCUT2D eigenvalue weighted by Gasteiger charge is 2.13. The van der Waals surface area contributed by atoms with E-state index in [1.54, 1.807) is 12.1 Å². The van der Waals surface area contributed by atoms with E-state index in [1.165, 1.54) is 5.56 Å². The van der Waals surface area contributed by atoms with Crippen molar-refractivity contribution in [1.82, 2.24) is 9.55 Å². The molecular formula is C18H18ClN3O. The van der Waals surface area contributed by atoms with E-state index in [9.17, 15) is 4.79 Å². The summed E-state index contributed by atoms with van der Waals surface area (Å²) in [6, 6.07) is 13.7. The van der Waals surface area contributed by atoms with Crippen LogP contribution in [0.5, 0.6) is 0 Å². The number of rotatable bonds is 5. The summed E-state index contributed by atoms with van der Waals surface area (Å²) >= 11 is 5.79. The van der Waals surface area contributed by atoms with Gasteiger partial charge in [0.25, 0.3) is 0 Å².